The molecular weight excluding hydrogens is 576 g/mol. The summed E-state index contributed by atoms with van der Waals surface area (Å²) in [6, 6.07) is 0. The van der Waals surface area contributed by atoms with E-state index in [1.54, 1.807) is 0 Å². The van der Waals surface area contributed by atoms with E-state index in [9.17, 15) is 46.1 Å². The van der Waals surface area contributed by atoms with Crippen molar-refractivity contribution in [2.45, 2.75) is 55.6 Å². The molecule has 8 atom stereocenters. The lowest BCUT2D eigenvalue weighted by atomic mass is 9.98. The fourth-order valence-corrected chi connectivity index (χ4v) is 4.01. The van der Waals surface area contributed by atoms with Crippen LogP contribution in [0.2, 0.25) is 0 Å². The molecule has 13 nitrogen and oxygen atoms in total. The predicted octanol–water partition coefficient (Wildman–Crippen LogP) is -1.01. The van der Waals surface area contributed by atoms with E-state index < -0.39 is 104 Å². The van der Waals surface area contributed by atoms with Gasteiger partial charge in [0.2, 0.25) is 5.83 Å². The van der Waals surface area contributed by atoms with Crippen LogP contribution in [0.3, 0.4) is 0 Å². The minimum atomic E-state index is -2.25. The Hall–Kier alpha value is -3.23. The number of nitrogens with two attached hydrogens (primary N) is 1. The molecule has 2 fully saturated rings. The molecule has 4 rings (SSSR count). The van der Waals surface area contributed by atoms with Gasteiger partial charge in [-0.15, -0.1) is 0 Å². The van der Waals surface area contributed by atoms with Gasteiger partial charge in [-0.25, -0.2) is 26.7 Å². The Labute approximate surface area is 228 Å². The van der Waals surface area contributed by atoms with Gasteiger partial charge in [-0.05, 0) is 0 Å². The van der Waals surface area contributed by atoms with Crippen molar-refractivity contribution in [2.24, 2.45) is 0 Å². The van der Waals surface area contributed by atoms with Gasteiger partial charge in [0.25, 0.3) is 5.91 Å². The molecule has 3 aliphatic heterocycles. The van der Waals surface area contributed by atoms with Crippen molar-refractivity contribution in [3.63, 3.8) is 0 Å². The molecule has 1 aromatic heterocycles. The van der Waals surface area contributed by atoms with Crippen LogP contribution in [0.1, 0.15) is 13.7 Å². The van der Waals surface area contributed by atoms with Gasteiger partial charge in [0.05, 0.1) is 19.4 Å². The Balaban J connectivity index is 0.000000280. The van der Waals surface area contributed by atoms with Crippen molar-refractivity contribution >= 4 is 11.7 Å². The van der Waals surface area contributed by atoms with Crippen molar-refractivity contribution < 1.29 is 61.0 Å². The number of amides is 1. The number of hydrogen-bond acceptors (Lipinski definition) is 11. The van der Waals surface area contributed by atoms with Crippen LogP contribution in [0.15, 0.2) is 35.4 Å². The van der Waals surface area contributed by atoms with Crippen LogP contribution < -0.4 is 16.7 Å². The van der Waals surface area contributed by atoms with Crippen LogP contribution in [0.4, 0.5) is 32.2 Å². The fraction of sp³-hybridized carbons (Fsp3) is 0.591. The first-order valence-electron chi connectivity index (χ1n) is 11.3. The normalized spacial score (nSPS) is 34.9. The maximum atomic E-state index is 14.0. The third-order valence-corrected chi connectivity index (χ3v) is 6.45. The summed E-state index contributed by atoms with van der Waals surface area (Å²) in [5, 5.41) is 39.4. The quantitative estimate of drug-likeness (QED) is 0.218. The van der Waals surface area contributed by atoms with Crippen molar-refractivity contribution in [3.8, 4) is 0 Å². The highest BCUT2D eigenvalue weighted by Crippen LogP contribution is 2.39. The van der Waals surface area contributed by atoms with E-state index in [1.165, 1.54) is 0 Å². The van der Waals surface area contributed by atoms with Crippen molar-refractivity contribution in [2.75, 3.05) is 32.3 Å². The summed E-state index contributed by atoms with van der Waals surface area (Å²) in [7, 11) is 0. The first-order chi connectivity index (χ1) is 18.7. The third-order valence-electron chi connectivity index (χ3n) is 6.45. The van der Waals surface area contributed by atoms with Crippen LogP contribution in [-0.4, -0.2) is 109 Å². The number of nitrogen functional groups attached to an aromatic ring is 1. The maximum Gasteiger partial charge on any atom is 0.351 e. The average Bonchev–Trinajstić information content (AvgIpc) is 3.34. The van der Waals surface area contributed by atoms with Crippen LogP contribution in [0.25, 0.3) is 0 Å². The molecule has 41 heavy (non-hydrogen) atoms. The lowest BCUT2D eigenvalue weighted by Gasteiger charge is -2.33. The maximum absolute atomic E-state index is 14.0. The first-order valence-corrected chi connectivity index (χ1v) is 11.3. The van der Waals surface area contributed by atoms with Crippen molar-refractivity contribution in [1.82, 2.24) is 19.8 Å². The second-order valence-electron chi connectivity index (χ2n) is 8.96. The third kappa shape index (κ3) is 5.90. The summed E-state index contributed by atoms with van der Waals surface area (Å²) in [5.41, 5.74) is -0.392. The molecule has 7 N–H and O–H groups in total. The molecule has 1 amide bonds. The molecule has 0 unspecified atom stereocenters. The number of aliphatic hydroxyl groups is 4. The van der Waals surface area contributed by atoms with E-state index in [-0.39, 0.29) is 13.2 Å². The highest BCUT2D eigenvalue weighted by Gasteiger charge is 2.58. The predicted molar refractivity (Wildman–Crippen MR) is 126 cm³/mol. The van der Waals surface area contributed by atoms with E-state index in [0.29, 0.717) is 17.0 Å². The summed E-state index contributed by atoms with van der Waals surface area (Å²) >= 11 is 0. The van der Waals surface area contributed by atoms with Crippen LogP contribution in [0.5, 0.6) is 0 Å². The van der Waals surface area contributed by atoms with Crippen LogP contribution >= 0.6 is 0 Å². The number of carbonyl (C=O) groups excluding carboxylic acids is 1. The Kier molecular flexibility index (Phi) is 10.6. The second kappa shape index (κ2) is 12.7. The molecule has 19 heteroatoms. The van der Waals surface area contributed by atoms with E-state index >= 15 is 0 Å². The van der Waals surface area contributed by atoms with Gasteiger partial charge >= 0.3 is 5.69 Å². The number of alkyl halides is 4. The highest BCUT2D eigenvalue weighted by atomic mass is 19.2. The molecule has 0 bridgehead atoms. The lowest BCUT2D eigenvalue weighted by Crippen LogP contribution is -2.47. The van der Waals surface area contributed by atoms with Gasteiger partial charge in [0, 0.05) is 6.20 Å². The van der Waals surface area contributed by atoms with Crippen molar-refractivity contribution in [1.29, 1.82) is 0 Å². The molecule has 0 radical (unpaired) electrons. The Bertz CT molecular complexity index is 1210. The number of halogens is 6. The van der Waals surface area contributed by atoms with Gasteiger partial charge in [0.1, 0.15) is 31.4 Å². The van der Waals surface area contributed by atoms with Crippen LogP contribution in [0, 0.1) is 5.82 Å². The summed E-state index contributed by atoms with van der Waals surface area (Å²) in [5.74, 6) is -4.25. The zero-order chi connectivity index (χ0) is 30.2. The van der Waals surface area contributed by atoms with E-state index in [0.717, 1.165) is 4.90 Å². The molecule has 232 valence electrons. The molecule has 1 aromatic rings. The number of ether oxygens (including phenoxy) is 2. The Morgan fingerprint density at radius 3 is 1.98 bits per heavy atom. The number of anilines is 1. The van der Waals surface area contributed by atoms with Gasteiger partial charge < -0.3 is 45.9 Å². The number of aromatic nitrogens is 2. The summed E-state index contributed by atoms with van der Waals surface area (Å²) < 4.78 is 90.7. The largest absolute Gasteiger partial charge is 0.393 e. The second-order valence-corrected chi connectivity index (χ2v) is 8.96. The monoisotopic (exact) mass is 605 g/mol. The molecule has 3 aliphatic rings. The topological polar surface area (TPSA) is 193 Å². The van der Waals surface area contributed by atoms with Gasteiger partial charge in [-0.1, -0.05) is 14.0 Å². The SMILES string of the molecule is C.C=C1NC(=O)C(F)=CN1[C@@H]1O[C@@](CO)(CF)[C@@H](O)[C@H]1F.Nc1nc(=O)n([C@@H]2O[C@@](CO)(CF)[C@@H](O)[C@H]2F)cc1F. The standard InChI is InChI=1S/C11H13F3N2O4.C10H12F3N3O4.CH4/c1-5-15-9(19)6(13)2-16(5)10-7(14)8(18)11(3-12,4-17)20-10;11-2-10(3-17)6(18)5(13)8(20-10)16-1-4(12)7(14)15-9(16)19;/h2,7-8,10,17-18H,1,3-4H2,(H,15,19);1,5-6,8,17-18H,2-3H2,(H2,14,15,19);1H4/t7-,8+,10-,11-;5-,6+,8-,10-;/m11./s1. The minimum absolute atomic E-state index is 0. The molecule has 0 aromatic carbocycles. The number of aliphatic hydroxyl groups excluding tert-OH is 4. The van der Waals surface area contributed by atoms with Gasteiger partial charge in [-0.3, -0.25) is 9.36 Å². The number of rotatable bonds is 6. The molecular formula is C22H29F6N5O8. The van der Waals surface area contributed by atoms with Crippen LogP contribution in [-0.2, 0) is 14.3 Å². The zero-order valence-corrected chi connectivity index (χ0v) is 20.3. The van der Waals surface area contributed by atoms with Crippen molar-refractivity contribution in [3.05, 3.63) is 46.9 Å². The number of nitrogens with one attached hydrogen (secondary N) is 1. The number of hydrogen-bond donors (Lipinski definition) is 6. The molecule has 2 saturated heterocycles. The molecule has 0 spiro atoms. The summed E-state index contributed by atoms with van der Waals surface area (Å²) in [4.78, 5) is 26.5. The highest BCUT2D eigenvalue weighted by molar-refractivity contribution is 5.93. The minimum Gasteiger partial charge on any atom is -0.393 e. The Morgan fingerprint density at radius 1 is 1.02 bits per heavy atom. The van der Waals surface area contributed by atoms with Gasteiger partial charge in [-0.2, -0.15) is 9.37 Å². The molecule has 0 aliphatic carbocycles. The summed E-state index contributed by atoms with van der Waals surface area (Å²) in [6.45, 7) is -1.31. The van der Waals surface area contributed by atoms with Gasteiger partial charge in [0.15, 0.2) is 47.6 Å². The Morgan fingerprint density at radius 2 is 1.51 bits per heavy atom. The zero-order valence-electron chi connectivity index (χ0n) is 20.3. The summed E-state index contributed by atoms with van der Waals surface area (Å²) in [6.07, 6.45) is -10.6. The molecule has 4 heterocycles. The fourth-order valence-electron chi connectivity index (χ4n) is 4.01. The van der Waals surface area contributed by atoms with E-state index in [2.05, 4.69) is 11.6 Å². The smallest absolute Gasteiger partial charge is 0.351 e. The number of carbonyl (C=O) groups is 1. The van der Waals surface area contributed by atoms with E-state index in [4.69, 9.17) is 25.4 Å². The number of nitrogens with zero attached hydrogens (tertiary/aromatic N) is 3. The average molecular weight is 605 g/mol. The molecule has 0 saturated carbocycles. The van der Waals surface area contributed by atoms with E-state index in [1.807, 2.05) is 5.32 Å². The lowest BCUT2D eigenvalue weighted by molar-refractivity contribution is -0.145. The first kappa shape index (κ1) is 34.0.